The summed E-state index contributed by atoms with van der Waals surface area (Å²) in [5, 5.41) is 9.30. The molecule has 5 heterocycles. The second-order valence-corrected chi connectivity index (χ2v) is 11.9. The maximum atomic E-state index is 13.7. The maximum Gasteiger partial charge on any atom is 0.453 e. The molecule has 44 heavy (non-hydrogen) atoms. The van der Waals surface area contributed by atoms with Gasteiger partial charge in [0.1, 0.15) is 27.8 Å². The number of fused-ring (bicyclic) bond motifs is 2. The highest BCUT2D eigenvalue weighted by Crippen LogP contribution is 2.46. The van der Waals surface area contributed by atoms with Crippen LogP contribution in [-0.4, -0.2) is 60.3 Å². The number of nitrogen functional groups attached to an aromatic ring is 1. The van der Waals surface area contributed by atoms with Gasteiger partial charge >= 0.3 is 18.1 Å². The van der Waals surface area contributed by atoms with Crippen molar-refractivity contribution in [2.75, 3.05) is 17.7 Å². The van der Waals surface area contributed by atoms with Crippen LogP contribution in [0.3, 0.4) is 0 Å². The Morgan fingerprint density at radius 3 is 2.59 bits per heavy atom. The second kappa shape index (κ2) is 10.7. The second-order valence-electron chi connectivity index (χ2n) is 11.1. The van der Waals surface area contributed by atoms with Crippen molar-refractivity contribution >= 4 is 45.9 Å². The van der Waals surface area contributed by atoms with E-state index >= 15 is 0 Å². The minimum absolute atomic E-state index is 0.0264. The zero-order valence-corrected chi connectivity index (χ0v) is 24.7. The molecule has 11 nitrogen and oxygen atoms in total. The van der Waals surface area contributed by atoms with E-state index in [2.05, 4.69) is 30.4 Å². The first-order valence-electron chi connectivity index (χ1n) is 13.4. The summed E-state index contributed by atoms with van der Waals surface area (Å²) < 4.78 is 71.7. The average Bonchev–Trinajstić information content (AvgIpc) is 3.62. The summed E-state index contributed by atoms with van der Waals surface area (Å²) >= 11 is 1.20. The number of aryl methyl sites for hydroxylation is 1. The van der Waals surface area contributed by atoms with Gasteiger partial charge in [0, 0.05) is 31.0 Å². The van der Waals surface area contributed by atoms with E-state index in [9.17, 15) is 31.5 Å². The van der Waals surface area contributed by atoms with Crippen LogP contribution >= 0.6 is 11.3 Å². The molecule has 0 bridgehead atoms. The number of hydrogen-bond acceptors (Lipinski definition) is 10. The first-order valence-corrected chi connectivity index (χ1v) is 14.3. The number of halogens is 5. The van der Waals surface area contributed by atoms with E-state index in [0.717, 1.165) is 4.68 Å². The highest BCUT2D eigenvalue weighted by atomic mass is 32.1. The number of pyridine rings is 1. The summed E-state index contributed by atoms with van der Waals surface area (Å²) in [4.78, 5) is 43.3. The highest BCUT2D eigenvalue weighted by molar-refractivity contribution is 7.10. The van der Waals surface area contributed by atoms with Gasteiger partial charge in [0.15, 0.2) is 11.5 Å². The molecule has 1 aliphatic heterocycles. The Kier molecular flexibility index (Phi) is 7.58. The van der Waals surface area contributed by atoms with E-state index in [1.165, 1.54) is 29.7 Å². The van der Waals surface area contributed by atoms with Gasteiger partial charge in [-0.1, -0.05) is 0 Å². The van der Waals surface area contributed by atoms with Gasteiger partial charge in [0.2, 0.25) is 5.91 Å². The highest BCUT2D eigenvalue weighted by Gasteiger charge is 2.57. The van der Waals surface area contributed by atoms with E-state index in [-0.39, 0.29) is 58.7 Å². The number of carbonyl (C=O) groups is 2. The molecule has 3 N–H and O–H groups in total. The SMILES string of the molecule is CCOC(=O)C(C)(C)Cc1csc(C2(C)C(=O)Nc3nc(-c4nn(CCC(F)(F)C(F)(F)F)c5ncccc45)nc(N)c32)n1. The van der Waals surface area contributed by atoms with E-state index in [1.54, 1.807) is 33.1 Å². The van der Waals surface area contributed by atoms with Crippen LogP contribution in [0, 0.1) is 5.41 Å². The van der Waals surface area contributed by atoms with Gasteiger partial charge in [-0.05, 0) is 39.8 Å². The topological polar surface area (TPSA) is 151 Å². The van der Waals surface area contributed by atoms with Gasteiger partial charge in [0.05, 0.1) is 28.7 Å². The van der Waals surface area contributed by atoms with Gasteiger partial charge in [-0.2, -0.15) is 27.1 Å². The van der Waals surface area contributed by atoms with Crippen LogP contribution in [0.1, 0.15) is 50.4 Å². The van der Waals surface area contributed by atoms with Crippen LogP contribution in [0.25, 0.3) is 22.6 Å². The quantitative estimate of drug-likeness (QED) is 0.193. The number of nitrogens with two attached hydrogens (primary N) is 1. The molecule has 4 aromatic rings. The number of ether oxygens (including phenoxy) is 1. The third-order valence-corrected chi connectivity index (χ3v) is 8.44. The summed E-state index contributed by atoms with van der Waals surface area (Å²) in [6, 6.07) is 3.06. The van der Waals surface area contributed by atoms with Crippen molar-refractivity contribution < 1.29 is 36.3 Å². The lowest BCUT2D eigenvalue weighted by atomic mass is 9.85. The Labute approximate surface area is 251 Å². The van der Waals surface area contributed by atoms with Crippen LogP contribution in [0.5, 0.6) is 0 Å². The summed E-state index contributed by atoms with van der Waals surface area (Å²) in [6.07, 6.45) is -5.68. The molecule has 1 unspecified atom stereocenters. The van der Waals surface area contributed by atoms with E-state index in [4.69, 9.17) is 10.5 Å². The predicted molar refractivity (Wildman–Crippen MR) is 150 cm³/mol. The molecule has 1 atom stereocenters. The Morgan fingerprint density at radius 1 is 1.18 bits per heavy atom. The molecule has 0 saturated carbocycles. The normalized spacial score (nSPS) is 17.2. The average molecular weight is 639 g/mol. The molecule has 17 heteroatoms. The van der Waals surface area contributed by atoms with Crippen molar-refractivity contribution in [3.63, 3.8) is 0 Å². The number of anilines is 2. The smallest absolute Gasteiger partial charge is 0.453 e. The van der Waals surface area contributed by atoms with Crippen LogP contribution in [0.4, 0.5) is 33.6 Å². The minimum atomic E-state index is -5.72. The zero-order valence-electron chi connectivity index (χ0n) is 23.9. The molecule has 0 spiro atoms. The minimum Gasteiger partial charge on any atom is -0.466 e. The fraction of sp³-hybridized carbons (Fsp3) is 0.444. The maximum absolute atomic E-state index is 13.7. The molecule has 0 aromatic carbocycles. The number of nitrogens with zero attached hydrogens (tertiary/aromatic N) is 6. The van der Waals surface area contributed by atoms with Gasteiger partial charge in [-0.25, -0.2) is 24.6 Å². The molecule has 1 amide bonds. The van der Waals surface area contributed by atoms with Crippen molar-refractivity contribution in [2.45, 2.75) is 64.6 Å². The Balaban J connectivity index is 1.50. The van der Waals surface area contributed by atoms with Crippen LogP contribution in [0.15, 0.2) is 23.7 Å². The molecule has 0 aliphatic carbocycles. The van der Waals surface area contributed by atoms with Crippen LogP contribution < -0.4 is 11.1 Å². The molecular weight excluding hydrogens is 611 g/mol. The Bertz CT molecular complexity index is 1770. The molecule has 0 saturated heterocycles. The third-order valence-electron chi connectivity index (χ3n) is 7.32. The molecule has 5 rings (SSSR count). The fourth-order valence-electron chi connectivity index (χ4n) is 4.91. The number of carbonyl (C=O) groups excluding carboxylic acids is 2. The van der Waals surface area contributed by atoms with Crippen molar-refractivity contribution in [1.29, 1.82) is 0 Å². The molecule has 234 valence electrons. The fourth-order valence-corrected chi connectivity index (χ4v) is 5.89. The molecule has 0 radical (unpaired) electrons. The van der Waals surface area contributed by atoms with Gasteiger partial charge in [-0.15, -0.1) is 11.3 Å². The third kappa shape index (κ3) is 5.22. The van der Waals surface area contributed by atoms with Gasteiger partial charge < -0.3 is 15.8 Å². The Morgan fingerprint density at radius 2 is 1.91 bits per heavy atom. The summed E-state index contributed by atoms with van der Waals surface area (Å²) in [7, 11) is 0. The van der Waals surface area contributed by atoms with E-state index in [0.29, 0.717) is 10.7 Å². The number of thiazole rings is 1. The largest absolute Gasteiger partial charge is 0.466 e. The lowest BCUT2D eigenvalue weighted by Crippen LogP contribution is -2.37. The van der Waals surface area contributed by atoms with Crippen LogP contribution in [-0.2, 0) is 32.7 Å². The van der Waals surface area contributed by atoms with Crippen molar-refractivity contribution in [3.05, 3.63) is 40.0 Å². The van der Waals surface area contributed by atoms with Crippen molar-refractivity contribution in [3.8, 4) is 11.5 Å². The standard InChI is InChI=1S/C27H27F5N8O3S/c1-5-43-23(42)24(2,3)11-13-12-44-22(35-13)25(4)15-17(33)36-19(37-18(15)38-21(25)41)16-14-7-6-9-34-20(14)40(39-16)10-8-26(28,29)27(30,31)32/h6-7,9,12H,5,8,10-11H2,1-4H3,(H3,33,36,37,38,41). The summed E-state index contributed by atoms with van der Waals surface area (Å²) in [5.74, 6) is -5.92. The lowest BCUT2D eigenvalue weighted by molar-refractivity contribution is -0.285. The number of rotatable bonds is 9. The first-order chi connectivity index (χ1) is 20.5. The van der Waals surface area contributed by atoms with Gasteiger partial charge in [-0.3, -0.25) is 9.59 Å². The van der Waals surface area contributed by atoms with Crippen molar-refractivity contribution in [1.82, 2.24) is 29.7 Å². The monoisotopic (exact) mass is 638 g/mol. The predicted octanol–water partition coefficient (Wildman–Crippen LogP) is 4.90. The lowest BCUT2D eigenvalue weighted by Gasteiger charge is -2.22. The first kappa shape index (κ1) is 31.2. The number of nitrogens with one attached hydrogen (secondary N) is 1. The van der Waals surface area contributed by atoms with E-state index in [1.807, 2.05) is 0 Å². The van der Waals surface area contributed by atoms with Gasteiger partial charge in [0.25, 0.3) is 0 Å². The summed E-state index contributed by atoms with van der Waals surface area (Å²) in [6.45, 7) is 6.24. The number of hydrogen-bond donors (Lipinski definition) is 2. The zero-order chi connectivity index (χ0) is 32.2. The van der Waals surface area contributed by atoms with E-state index < -0.39 is 41.8 Å². The number of esters is 1. The van der Waals surface area contributed by atoms with Crippen LogP contribution in [0.2, 0.25) is 0 Å². The number of aromatic nitrogens is 6. The molecule has 4 aromatic heterocycles. The Hall–Kier alpha value is -4.28. The summed E-state index contributed by atoms with van der Waals surface area (Å²) in [5.41, 5.74) is 5.02. The molecule has 0 fully saturated rings. The molecular formula is C27H27F5N8O3S. The number of amides is 1. The number of alkyl halides is 5. The van der Waals surface area contributed by atoms with Crippen molar-refractivity contribution in [2.24, 2.45) is 5.41 Å². The molecule has 1 aliphatic rings.